The van der Waals surface area contributed by atoms with Crippen LogP contribution in [-0.2, 0) is 25.6 Å². The molecule has 1 atom stereocenters. The molecular formula is C27H35N3O7. The van der Waals surface area contributed by atoms with Gasteiger partial charge in [-0.2, -0.15) is 0 Å². The highest BCUT2D eigenvalue weighted by molar-refractivity contribution is 6.01. The van der Waals surface area contributed by atoms with Gasteiger partial charge in [0, 0.05) is 25.7 Å². The quantitative estimate of drug-likeness (QED) is 0.265. The maximum absolute atomic E-state index is 12.8. The Kier molecular flexibility index (Phi) is 10.4. The van der Waals surface area contributed by atoms with E-state index in [0.717, 1.165) is 18.4 Å². The number of carbonyl (C=O) groups excluding carboxylic acids is 1. The Morgan fingerprint density at radius 2 is 1.97 bits per heavy atom. The number of aromatic carboxylic acids is 1. The Morgan fingerprint density at radius 1 is 1.19 bits per heavy atom. The first-order valence-corrected chi connectivity index (χ1v) is 12.3. The third-order valence-corrected chi connectivity index (χ3v) is 5.33. The van der Waals surface area contributed by atoms with Crippen molar-refractivity contribution in [3.8, 4) is 0 Å². The van der Waals surface area contributed by atoms with Gasteiger partial charge in [0.05, 0.1) is 31.1 Å². The van der Waals surface area contributed by atoms with Gasteiger partial charge in [0.1, 0.15) is 11.3 Å². The van der Waals surface area contributed by atoms with Crippen LogP contribution in [0.2, 0.25) is 0 Å². The van der Waals surface area contributed by atoms with E-state index in [9.17, 15) is 14.7 Å². The molecule has 1 saturated heterocycles. The molecule has 1 aromatic heterocycles. The van der Waals surface area contributed by atoms with Crippen molar-refractivity contribution in [3.05, 3.63) is 65.5 Å². The smallest absolute Gasteiger partial charge is 0.410 e. The molecule has 0 spiro atoms. The summed E-state index contributed by atoms with van der Waals surface area (Å²) in [5.74, 6) is -1.07. The Hall–Kier alpha value is -3.50. The highest BCUT2D eigenvalue weighted by atomic mass is 16.8. The molecule has 0 saturated carbocycles. The zero-order chi connectivity index (χ0) is 26.7. The van der Waals surface area contributed by atoms with Crippen LogP contribution >= 0.6 is 0 Å². The highest BCUT2D eigenvalue weighted by Crippen LogP contribution is 2.15. The third kappa shape index (κ3) is 9.82. The lowest BCUT2D eigenvalue weighted by molar-refractivity contribution is -0.162. The van der Waals surface area contributed by atoms with E-state index < -0.39 is 24.0 Å². The van der Waals surface area contributed by atoms with E-state index in [1.165, 1.54) is 18.3 Å². The number of pyridine rings is 1. The first-order chi connectivity index (χ1) is 17.7. The Morgan fingerprint density at radius 3 is 2.65 bits per heavy atom. The summed E-state index contributed by atoms with van der Waals surface area (Å²) < 4.78 is 17.0. The van der Waals surface area contributed by atoms with Crippen molar-refractivity contribution in [3.63, 3.8) is 0 Å². The van der Waals surface area contributed by atoms with Crippen LogP contribution in [0.15, 0.2) is 53.8 Å². The number of rotatable bonds is 11. The van der Waals surface area contributed by atoms with E-state index in [0.29, 0.717) is 31.0 Å². The average Bonchev–Trinajstić information content (AvgIpc) is 2.87. The van der Waals surface area contributed by atoms with Gasteiger partial charge in [-0.15, -0.1) is 0 Å². The van der Waals surface area contributed by atoms with E-state index >= 15 is 0 Å². The second-order valence-corrected chi connectivity index (χ2v) is 9.61. The third-order valence-electron chi connectivity index (χ3n) is 5.33. The SMILES string of the molecule is CC(C)(C)OC(=O)N(CCOC/C(=N\OC1CCCCO1)c1cc(C(=O)O)ccn1)Cc1ccccc1. The number of amides is 1. The standard InChI is InChI=1S/C27H35N3O7/c1-27(2,3)36-26(33)30(18-20-9-5-4-6-10-20)14-16-34-19-23(29-37-24-11-7-8-15-35-24)22-17-21(25(31)32)12-13-28-22/h4-6,9-10,12-13,17,24H,7-8,11,14-16,18-19H2,1-3H3,(H,31,32)/b29-23+. The van der Waals surface area contributed by atoms with Crippen LogP contribution in [0.1, 0.15) is 61.6 Å². The summed E-state index contributed by atoms with van der Waals surface area (Å²) >= 11 is 0. The molecule has 1 N–H and O–H groups in total. The lowest BCUT2D eigenvalue weighted by Gasteiger charge is -2.27. The van der Waals surface area contributed by atoms with Crippen molar-refractivity contribution in [2.75, 3.05) is 26.4 Å². The number of carboxylic acids is 1. The first kappa shape index (κ1) is 28.1. The monoisotopic (exact) mass is 513 g/mol. The largest absolute Gasteiger partial charge is 0.478 e. The van der Waals surface area contributed by atoms with E-state index in [4.69, 9.17) is 19.0 Å². The van der Waals surface area contributed by atoms with E-state index in [1.54, 1.807) is 4.90 Å². The van der Waals surface area contributed by atoms with Gasteiger partial charge in [0.25, 0.3) is 0 Å². The number of oxime groups is 1. The van der Waals surface area contributed by atoms with Crippen LogP contribution in [0.3, 0.4) is 0 Å². The second-order valence-electron chi connectivity index (χ2n) is 9.61. The van der Waals surface area contributed by atoms with Crippen molar-refractivity contribution < 1.29 is 33.7 Å². The molecule has 1 unspecified atom stereocenters. The molecule has 2 aromatic rings. The Balaban J connectivity index is 1.66. The summed E-state index contributed by atoms with van der Waals surface area (Å²) in [5.41, 5.74) is 1.05. The molecule has 1 fully saturated rings. The first-order valence-electron chi connectivity index (χ1n) is 12.3. The second kappa shape index (κ2) is 13.7. The minimum atomic E-state index is -1.07. The summed E-state index contributed by atoms with van der Waals surface area (Å²) in [6, 6.07) is 12.4. The topological polar surface area (TPSA) is 120 Å². The highest BCUT2D eigenvalue weighted by Gasteiger charge is 2.23. The van der Waals surface area contributed by atoms with Crippen molar-refractivity contribution in [2.24, 2.45) is 5.16 Å². The zero-order valence-electron chi connectivity index (χ0n) is 21.6. The van der Waals surface area contributed by atoms with Gasteiger partial charge >= 0.3 is 12.1 Å². The summed E-state index contributed by atoms with van der Waals surface area (Å²) in [7, 11) is 0. The van der Waals surface area contributed by atoms with Crippen LogP contribution in [0, 0.1) is 0 Å². The average molecular weight is 514 g/mol. The predicted octanol–water partition coefficient (Wildman–Crippen LogP) is 4.48. The number of hydrogen-bond donors (Lipinski definition) is 1. The number of benzene rings is 1. The van der Waals surface area contributed by atoms with Crippen LogP contribution in [0.5, 0.6) is 0 Å². The van der Waals surface area contributed by atoms with Gasteiger partial charge in [0.2, 0.25) is 6.29 Å². The lowest BCUT2D eigenvalue weighted by atomic mass is 10.2. The van der Waals surface area contributed by atoms with E-state index in [-0.39, 0.29) is 25.3 Å². The van der Waals surface area contributed by atoms with Gasteiger partial charge in [-0.1, -0.05) is 35.5 Å². The van der Waals surface area contributed by atoms with Gasteiger partial charge in [-0.05, 0) is 51.3 Å². The fraction of sp³-hybridized carbons (Fsp3) is 0.481. The van der Waals surface area contributed by atoms with Crippen LogP contribution in [0.4, 0.5) is 4.79 Å². The number of nitrogens with zero attached hydrogens (tertiary/aromatic N) is 3. The summed E-state index contributed by atoms with van der Waals surface area (Å²) in [5, 5.41) is 13.5. The molecule has 10 nitrogen and oxygen atoms in total. The van der Waals surface area contributed by atoms with Crippen LogP contribution < -0.4 is 0 Å². The molecule has 0 aliphatic carbocycles. The number of aromatic nitrogens is 1. The minimum Gasteiger partial charge on any atom is -0.478 e. The van der Waals surface area contributed by atoms with Gasteiger partial charge < -0.3 is 29.1 Å². The van der Waals surface area contributed by atoms with Crippen molar-refractivity contribution in [2.45, 2.75) is 58.5 Å². The maximum Gasteiger partial charge on any atom is 0.410 e. The number of hydrogen-bond acceptors (Lipinski definition) is 8. The van der Waals surface area contributed by atoms with Gasteiger partial charge in [-0.3, -0.25) is 4.98 Å². The Bertz CT molecular complexity index is 1050. The summed E-state index contributed by atoms with van der Waals surface area (Å²) in [6.07, 6.45) is 3.14. The predicted molar refractivity (Wildman–Crippen MR) is 136 cm³/mol. The molecule has 10 heteroatoms. The van der Waals surface area contributed by atoms with Gasteiger partial charge in [0.15, 0.2) is 0 Å². The molecule has 3 rings (SSSR count). The van der Waals surface area contributed by atoms with E-state index in [1.807, 2.05) is 51.1 Å². The maximum atomic E-state index is 12.8. The lowest BCUT2D eigenvalue weighted by Crippen LogP contribution is -2.38. The molecule has 1 aromatic carbocycles. The normalized spacial score (nSPS) is 16.2. The van der Waals surface area contributed by atoms with Crippen LogP contribution in [0.25, 0.3) is 0 Å². The minimum absolute atomic E-state index is 0.00368. The zero-order valence-corrected chi connectivity index (χ0v) is 21.6. The fourth-order valence-electron chi connectivity index (χ4n) is 3.49. The molecule has 1 aliphatic rings. The molecule has 0 bridgehead atoms. The number of carbonyl (C=O) groups is 2. The summed E-state index contributed by atoms with van der Waals surface area (Å²) in [4.78, 5) is 35.6. The molecule has 37 heavy (non-hydrogen) atoms. The van der Waals surface area contributed by atoms with Crippen molar-refractivity contribution >= 4 is 17.8 Å². The molecule has 1 amide bonds. The number of carboxylic acid groups (broad SMARTS) is 1. The number of ether oxygens (including phenoxy) is 3. The van der Waals surface area contributed by atoms with Crippen molar-refractivity contribution in [1.29, 1.82) is 0 Å². The Labute approximate surface area is 217 Å². The van der Waals surface area contributed by atoms with E-state index in [2.05, 4.69) is 10.1 Å². The van der Waals surface area contributed by atoms with Crippen molar-refractivity contribution in [1.82, 2.24) is 9.88 Å². The molecule has 200 valence electrons. The molecular weight excluding hydrogens is 478 g/mol. The molecule has 1 aliphatic heterocycles. The molecule has 0 radical (unpaired) electrons. The van der Waals surface area contributed by atoms with Gasteiger partial charge in [-0.25, -0.2) is 9.59 Å². The molecule has 2 heterocycles. The summed E-state index contributed by atoms with van der Waals surface area (Å²) in [6.45, 7) is 6.87. The fourth-order valence-corrected chi connectivity index (χ4v) is 3.49. The van der Waals surface area contributed by atoms with Crippen LogP contribution in [-0.4, -0.2) is 71.0 Å².